The number of nitrogen functional groups attached to an aromatic ring is 1. The molecule has 6 nitrogen and oxygen atoms in total. The zero-order valence-electron chi connectivity index (χ0n) is 15.7. The van der Waals surface area contributed by atoms with Gasteiger partial charge in [-0.2, -0.15) is 4.98 Å². The summed E-state index contributed by atoms with van der Waals surface area (Å²) in [6.45, 7) is 1.91. The van der Waals surface area contributed by atoms with Crippen LogP contribution in [0.2, 0.25) is 0 Å². The molecule has 1 fully saturated rings. The summed E-state index contributed by atoms with van der Waals surface area (Å²) in [5.74, 6) is -0.0188. The summed E-state index contributed by atoms with van der Waals surface area (Å²) in [6, 6.07) is 6.90. The molecule has 0 aliphatic heterocycles. The van der Waals surface area contributed by atoms with Gasteiger partial charge >= 0.3 is 5.97 Å². The highest BCUT2D eigenvalue weighted by Gasteiger charge is 2.18. The quantitative estimate of drug-likeness (QED) is 0.537. The number of rotatable bonds is 4. The Balaban J connectivity index is 1.81. The number of hydrogen-bond acceptors (Lipinski definition) is 6. The molecule has 2 N–H and O–H groups in total. The van der Waals surface area contributed by atoms with Gasteiger partial charge in [0, 0.05) is 0 Å². The predicted octanol–water partition coefficient (Wildman–Crippen LogP) is 4.30. The van der Waals surface area contributed by atoms with E-state index in [9.17, 15) is 9.59 Å². The highest BCUT2D eigenvalue weighted by atomic mass is 16.5. The Morgan fingerprint density at radius 1 is 1.29 bits per heavy atom. The van der Waals surface area contributed by atoms with Crippen molar-refractivity contribution in [2.75, 3.05) is 12.3 Å². The Kier molecular flexibility index (Phi) is 4.86. The lowest BCUT2D eigenvalue weighted by atomic mass is 10.0. The second-order valence-corrected chi connectivity index (χ2v) is 7.08. The van der Waals surface area contributed by atoms with Crippen molar-refractivity contribution >= 4 is 39.9 Å². The fraction of sp³-hybridized carbons (Fsp3) is 0.318. The van der Waals surface area contributed by atoms with Gasteiger partial charge in [-0.3, -0.25) is 4.79 Å². The summed E-state index contributed by atoms with van der Waals surface area (Å²) in [4.78, 5) is 29.2. The van der Waals surface area contributed by atoms with Crippen LogP contribution in [0.3, 0.4) is 0 Å². The van der Waals surface area contributed by atoms with Crippen molar-refractivity contribution < 1.29 is 13.9 Å². The maximum absolute atomic E-state index is 13.0. The van der Waals surface area contributed by atoms with E-state index in [4.69, 9.17) is 14.9 Å². The number of anilines is 1. The third-order valence-electron chi connectivity index (χ3n) is 5.17. The highest BCUT2D eigenvalue weighted by Crippen LogP contribution is 2.27. The molecule has 3 aromatic rings. The summed E-state index contributed by atoms with van der Waals surface area (Å²) in [7, 11) is 0. The van der Waals surface area contributed by atoms with Crippen LogP contribution in [0, 0.1) is 5.92 Å². The zero-order chi connectivity index (χ0) is 19.7. The van der Waals surface area contributed by atoms with Crippen LogP contribution in [0.15, 0.2) is 39.6 Å². The molecule has 1 saturated carbocycles. The van der Waals surface area contributed by atoms with Crippen LogP contribution in [0.4, 0.5) is 5.82 Å². The van der Waals surface area contributed by atoms with Crippen molar-refractivity contribution in [1.82, 2.24) is 4.98 Å². The summed E-state index contributed by atoms with van der Waals surface area (Å²) in [6.07, 6.45) is 9.28. The normalized spacial score (nSPS) is 15.0. The third-order valence-corrected chi connectivity index (χ3v) is 5.17. The Morgan fingerprint density at radius 3 is 2.82 bits per heavy atom. The molecule has 0 spiro atoms. The second kappa shape index (κ2) is 7.46. The lowest BCUT2D eigenvalue weighted by Gasteiger charge is -2.07. The van der Waals surface area contributed by atoms with Crippen molar-refractivity contribution in [2.24, 2.45) is 5.92 Å². The van der Waals surface area contributed by atoms with Gasteiger partial charge in [-0.15, -0.1) is 0 Å². The number of fused-ring (bicyclic) bond motifs is 2. The van der Waals surface area contributed by atoms with Gasteiger partial charge in [-0.05, 0) is 49.4 Å². The number of carbonyl (C=O) groups is 1. The molecule has 1 aromatic carbocycles. The van der Waals surface area contributed by atoms with E-state index in [1.807, 2.05) is 12.1 Å². The number of nitrogens with two attached hydrogens (primary N) is 1. The fourth-order valence-electron chi connectivity index (χ4n) is 3.69. The third kappa shape index (κ3) is 3.38. The molecule has 0 bridgehead atoms. The SMILES string of the molecule is CCOC(=O)c1cc2c(=O)c3cc(/C=C/C4CCCC4)ccc3oc2nc1N. The summed E-state index contributed by atoms with van der Waals surface area (Å²) in [5.41, 5.74) is 7.16. The highest BCUT2D eigenvalue weighted by molar-refractivity contribution is 5.99. The largest absolute Gasteiger partial charge is 0.462 e. The van der Waals surface area contributed by atoms with Gasteiger partial charge in [-0.1, -0.05) is 31.1 Å². The Morgan fingerprint density at radius 2 is 2.07 bits per heavy atom. The van der Waals surface area contributed by atoms with Gasteiger partial charge in [0.15, 0.2) is 0 Å². The van der Waals surface area contributed by atoms with E-state index in [-0.39, 0.29) is 34.5 Å². The lowest BCUT2D eigenvalue weighted by Crippen LogP contribution is -2.12. The van der Waals surface area contributed by atoms with Crippen LogP contribution in [0.5, 0.6) is 0 Å². The van der Waals surface area contributed by atoms with E-state index >= 15 is 0 Å². The number of hydrogen-bond donors (Lipinski definition) is 1. The smallest absolute Gasteiger partial charge is 0.341 e. The predicted molar refractivity (Wildman–Crippen MR) is 109 cm³/mol. The lowest BCUT2D eigenvalue weighted by molar-refractivity contribution is 0.0527. The molecule has 2 heterocycles. The van der Waals surface area contributed by atoms with E-state index in [0.717, 1.165) is 5.56 Å². The zero-order valence-corrected chi connectivity index (χ0v) is 15.7. The number of nitrogens with zero attached hydrogens (tertiary/aromatic N) is 1. The number of pyridine rings is 1. The molecule has 0 atom stereocenters. The average molecular weight is 378 g/mol. The van der Waals surface area contributed by atoms with Crippen molar-refractivity contribution in [3.8, 4) is 0 Å². The number of allylic oxidation sites excluding steroid dienone is 1. The van der Waals surface area contributed by atoms with Crippen LogP contribution in [-0.2, 0) is 4.74 Å². The standard InChI is InChI=1S/C22H22N2O4/c1-2-27-22(26)17-12-16-19(25)15-11-14(8-7-13-5-3-4-6-13)9-10-18(15)28-21(16)24-20(17)23/h7-13H,2-6H2,1H3,(H2,23,24)/b8-7+. The molecule has 0 amide bonds. The number of esters is 1. The van der Waals surface area contributed by atoms with Crippen molar-refractivity contribution in [1.29, 1.82) is 0 Å². The minimum atomic E-state index is -0.609. The first-order chi connectivity index (χ1) is 13.6. The van der Waals surface area contributed by atoms with Gasteiger partial charge in [0.25, 0.3) is 0 Å². The molecule has 1 aliphatic rings. The van der Waals surface area contributed by atoms with E-state index < -0.39 is 5.97 Å². The molecule has 4 rings (SSSR count). The molecule has 0 saturated heterocycles. The summed E-state index contributed by atoms with van der Waals surface area (Å²) < 4.78 is 10.8. The molecule has 0 unspecified atom stereocenters. The maximum Gasteiger partial charge on any atom is 0.341 e. The Bertz CT molecular complexity index is 1140. The van der Waals surface area contributed by atoms with Gasteiger partial charge in [0.2, 0.25) is 11.1 Å². The van der Waals surface area contributed by atoms with Gasteiger partial charge in [-0.25, -0.2) is 4.79 Å². The molecule has 1 aliphatic carbocycles. The number of benzene rings is 1. The monoisotopic (exact) mass is 378 g/mol. The summed E-state index contributed by atoms with van der Waals surface area (Å²) in [5, 5.41) is 0.657. The van der Waals surface area contributed by atoms with Crippen molar-refractivity contribution in [3.63, 3.8) is 0 Å². The average Bonchev–Trinajstić information content (AvgIpc) is 3.20. The van der Waals surface area contributed by atoms with Crippen LogP contribution in [0.1, 0.15) is 48.5 Å². The number of ether oxygens (including phenoxy) is 1. The minimum absolute atomic E-state index is 0.0235. The van der Waals surface area contributed by atoms with E-state index in [1.165, 1.54) is 31.7 Å². The Hall–Kier alpha value is -3.15. The molecular formula is C22H22N2O4. The molecule has 0 radical (unpaired) electrons. The molecule has 28 heavy (non-hydrogen) atoms. The van der Waals surface area contributed by atoms with Gasteiger partial charge < -0.3 is 14.9 Å². The van der Waals surface area contributed by atoms with E-state index in [0.29, 0.717) is 16.9 Å². The molecule has 6 heteroatoms. The molecule has 144 valence electrons. The maximum atomic E-state index is 13.0. The van der Waals surface area contributed by atoms with Gasteiger partial charge in [0.1, 0.15) is 17.0 Å². The van der Waals surface area contributed by atoms with Crippen LogP contribution in [-0.4, -0.2) is 17.6 Å². The van der Waals surface area contributed by atoms with Crippen LogP contribution in [0.25, 0.3) is 28.1 Å². The number of aromatic nitrogens is 1. The topological polar surface area (TPSA) is 95.4 Å². The number of carbonyl (C=O) groups excluding carboxylic acids is 1. The Labute approximate surface area is 162 Å². The van der Waals surface area contributed by atoms with Crippen molar-refractivity contribution in [2.45, 2.75) is 32.6 Å². The first-order valence-electron chi connectivity index (χ1n) is 9.59. The van der Waals surface area contributed by atoms with Gasteiger partial charge in [0.05, 0.1) is 17.4 Å². The van der Waals surface area contributed by atoms with E-state index in [2.05, 4.69) is 17.1 Å². The van der Waals surface area contributed by atoms with Crippen LogP contribution < -0.4 is 11.2 Å². The van der Waals surface area contributed by atoms with E-state index in [1.54, 1.807) is 13.0 Å². The van der Waals surface area contributed by atoms with Crippen molar-refractivity contribution in [3.05, 3.63) is 51.7 Å². The second-order valence-electron chi connectivity index (χ2n) is 7.08. The first-order valence-corrected chi connectivity index (χ1v) is 9.59. The molecular weight excluding hydrogens is 356 g/mol. The minimum Gasteiger partial charge on any atom is -0.462 e. The molecule has 2 aromatic heterocycles. The fourth-order valence-corrected chi connectivity index (χ4v) is 3.69. The first kappa shape index (κ1) is 18.2. The van der Waals surface area contributed by atoms with Crippen LogP contribution >= 0.6 is 0 Å². The summed E-state index contributed by atoms with van der Waals surface area (Å²) >= 11 is 0.